The summed E-state index contributed by atoms with van der Waals surface area (Å²) in [6.45, 7) is 1.04. The Morgan fingerprint density at radius 2 is 1.89 bits per heavy atom. The number of ether oxygens (including phenoxy) is 2. The monoisotopic (exact) mass is 283 g/mol. The summed E-state index contributed by atoms with van der Waals surface area (Å²) in [4.78, 5) is 10.1. The maximum atomic E-state index is 10.5. The van der Waals surface area contributed by atoms with E-state index in [1.54, 1.807) is 12.1 Å². The quantitative estimate of drug-likeness (QED) is 0.456. The van der Waals surface area contributed by atoms with Crippen LogP contribution in [-0.4, -0.2) is 35.7 Å². The van der Waals surface area contributed by atoms with E-state index in [0.717, 1.165) is 12.8 Å². The molecular weight excluding hydrogens is 266 g/mol. The zero-order valence-electron chi connectivity index (χ0n) is 10.6. The van der Waals surface area contributed by atoms with Gasteiger partial charge in [0, 0.05) is 12.1 Å². The maximum Gasteiger partial charge on any atom is 0.269 e. The second-order valence-corrected chi connectivity index (χ2v) is 5.51. The van der Waals surface area contributed by atoms with E-state index >= 15 is 0 Å². The van der Waals surface area contributed by atoms with Crippen molar-refractivity contribution in [3.05, 3.63) is 34.4 Å². The van der Waals surface area contributed by atoms with Crippen LogP contribution in [0.3, 0.4) is 0 Å². The van der Waals surface area contributed by atoms with Gasteiger partial charge in [-0.3, -0.25) is 10.1 Å². The van der Waals surface area contributed by atoms with Crippen molar-refractivity contribution in [2.45, 2.75) is 18.9 Å². The van der Waals surface area contributed by atoms with Crippen LogP contribution < -0.4 is 4.74 Å². The van der Waals surface area contributed by atoms with Crippen LogP contribution in [0.1, 0.15) is 12.8 Å². The Labute approximate surface area is 116 Å². The molecule has 19 heavy (non-hydrogen) atoms. The number of hydrogen-bond donors (Lipinski definition) is 0. The second kappa shape index (κ2) is 7.35. The van der Waals surface area contributed by atoms with E-state index in [9.17, 15) is 10.1 Å². The molecule has 0 radical (unpaired) electrons. The number of hydrogen-bond acceptors (Lipinski definition) is 5. The standard InChI is InChI=1S/C13H17NO4S/c15-14(16)11-1-3-12(4-2-11)17-7-8-18-13-5-9-19-10-6-13/h1-4,13H,5-10H2. The predicted molar refractivity (Wildman–Crippen MR) is 74.9 cm³/mol. The lowest BCUT2D eigenvalue weighted by atomic mass is 10.2. The van der Waals surface area contributed by atoms with Crippen molar-refractivity contribution < 1.29 is 14.4 Å². The van der Waals surface area contributed by atoms with Crippen LogP contribution in [0.4, 0.5) is 5.69 Å². The van der Waals surface area contributed by atoms with Crippen molar-refractivity contribution in [2.24, 2.45) is 0 Å². The van der Waals surface area contributed by atoms with E-state index in [2.05, 4.69) is 0 Å². The van der Waals surface area contributed by atoms with Crippen molar-refractivity contribution in [3.8, 4) is 5.75 Å². The molecule has 1 aliphatic rings. The topological polar surface area (TPSA) is 61.6 Å². The highest BCUT2D eigenvalue weighted by Gasteiger charge is 2.13. The number of non-ortho nitro benzene ring substituents is 1. The Morgan fingerprint density at radius 3 is 2.53 bits per heavy atom. The molecule has 6 heteroatoms. The fourth-order valence-electron chi connectivity index (χ4n) is 1.88. The van der Waals surface area contributed by atoms with Gasteiger partial charge in [0.2, 0.25) is 0 Å². The van der Waals surface area contributed by atoms with Gasteiger partial charge in [0.05, 0.1) is 17.6 Å². The number of nitro groups is 1. The van der Waals surface area contributed by atoms with Crippen LogP contribution in [-0.2, 0) is 4.74 Å². The van der Waals surface area contributed by atoms with Crippen LogP contribution in [0.5, 0.6) is 5.75 Å². The fourth-order valence-corrected chi connectivity index (χ4v) is 2.94. The zero-order chi connectivity index (χ0) is 13.5. The van der Waals surface area contributed by atoms with Crippen molar-refractivity contribution in [2.75, 3.05) is 24.7 Å². The molecule has 1 aromatic carbocycles. The first-order chi connectivity index (χ1) is 9.25. The lowest BCUT2D eigenvalue weighted by Gasteiger charge is -2.21. The van der Waals surface area contributed by atoms with Gasteiger partial charge in [-0.25, -0.2) is 0 Å². The number of nitro benzene ring substituents is 1. The van der Waals surface area contributed by atoms with Gasteiger partial charge in [-0.15, -0.1) is 0 Å². The summed E-state index contributed by atoms with van der Waals surface area (Å²) < 4.78 is 11.2. The molecule has 0 atom stereocenters. The largest absolute Gasteiger partial charge is 0.491 e. The van der Waals surface area contributed by atoms with E-state index in [4.69, 9.17) is 9.47 Å². The average molecular weight is 283 g/mol. The summed E-state index contributed by atoms with van der Waals surface area (Å²) in [5, 5.41) is 10.5. The lowest BCUT2D eigenvalue weighted by Crippen LogP contribution is -2.21. The first-order valence-corrected chi connectivity index (χ1v) is 7.48. The summed E-state index contributed by atoms with van der Waals surface area (Å²) in [6, 6.07) is 6.09. The van der Waals surface area contributed by atoms with Gasteiger partial charge in [-0.1, -0.05) is 0 Å². The van der Waals surface area contributed by atoms with Crippen LogP contribution in [0.2, 0.25) is 0 Å². The first kappa shape index (κ1) is 14.1. The number of thioether (sulfide) groups is 1. The summed E-state index contributed by atoms with van der Waals surface area (Å²) in [5.41, 5.74) is 0.0725. The normalized spacial score (nSPS) is 16.2. The van der Waals surface area contributed by atoms with Crippen molar-refractivity contribution in [1.82, 2.24) is 0 Å². The minimum Gasteiger partial charge on any atom is -0.491 e. The highest BCUT2D eigenvalue weighted by molar-refractivity contribution is 7.99. The molecule has 0 bridgehead atoms. The molecule has 104 valence electrons. The average Bonchev–Trinajstić information content (AvgIpc) is 2.45. The second-order valence-electron chi connectivity index (χ2n) is 4.28. The minimum absolute atomic E-state index is 0.0725. The Balaban J connectivity index is 1.66. The third-order valence-electron chi connectivity index (χ3n) is 2.92. The summed E-state index contributed by atoms with van der Waals surface area (Å²) in [7, 11) is 0. The summed E-state index contributed by atoms with van der Waals surface area (Å²) in [5.74, 6) is 2.98. The Hall–Kier alpha value is -1.27. The Morgan fingerprint density at radius 1 is 1.21 bits per heavy atom. The molecule has 0 saturated carbocycles. The molecule has 0 aromatic heterocycles. The van der Waals surface area contributed by atoms with Gasteiger partial charge in [-0.05, 0) is 36.5 Å². The van der Waals surface area contributed by atoms with Gasteiger partial charge in [-0.2, -0.15) is 11.8 Å². The minimum atomic E-state index is -0.423. The van der Waals surface area contributed by atoms with Gasteiger partial charge in [0.15, 0.2) is 0 Å². The van der Waals surface area contributed by atoms with Crippen molar-refractivity contribution in [1.29, 1.82) is 0 Å². The Kier molecular flexibility index (Phi) is 5.47. The molecule has 0 spiro atoms. The molecule has 2 rings (SSSR count). The highest BCUT2D eigenvalue weighted by Crippen LogP contribution is 2.20. The number of benzene rings is 1. The molecule has 1 fully saturated rings. The third kappa shape index (κ3) is 4.72. The summed E-state index contributed by atoms with van der Waals surface area (Å²) >= 11 is 1.97. The van der Waals surface area contributed by atoms with Gasteiger partial charge < -0.3 is 9.47 Å². The van der Waals surface area contributed by atoms with Gasteiger partial charge >= 0.3 is 0 Å². The van der Waals surface area contributed by atoms with Crippen LogP contribution in [0, 0.1) is 10.1 Å². The molecule has 0 aliphatic carbocycles. The molecule has 5 nitrogen and oxygen atoms in total. The molecule has 0 N–H and O–H groups in total. The highest BCUT2D eigenvalue weighted by atomic mass is 32.2. The van der Waals surface area contributed by atoms with Crippen LogP contribution in [0.25, 0.3) is 0 Å². The number of nitrogens with zero attached hydrogens (tertiary/aromatic N) is 1. The van der Waals surface area contributed by atoms with Crippen LogP contribution >= 0.6 is 11.8 Å². The van der Waals surface area contributed by atoms with Crippen LogP contribution in [0.15, 0.2) is 24.3 Å². The maximum absolute atomic E-state index is 10.5. The third-order valence-corrected chi connectivity index (χ3v) is 3.97. The molecule has 0 unspecified atom stereocenters. The first-order valence-electron chi connectivity index (χ1n) is 6.32. The van der Waals surface area contributed by atoms with Gasteiger partial charge in [0.25, 0.3) is 5.69 Å². The molecule has 1 aromatic rings. The lowest BCUT2D eigenvalue weighted by molar-refractivity contribution is -0.384. The van der Waals surface area contributed by atoms with Gasteiger partial charge in [0.1, 0.15) is 12.4 Å². The smallest absolute Gasteiger partial charge is 0.269 e. The molecule has 1 saturated heterocycles. The zero-order valence-corrected chi connectivity index (χ0v) is 11.4. The fraction of sp³-hybridized carbons (Fsp3) is 0.538. The molecular formula is C13H17NO4S. The molecule has 1 aliphatic heterocycles. The molecule has 1 heterocycles. The van der Waals surface area contributed by atoms with E-state index < -0.39 is 4.92 Å². The van der Waals surface area contributed by atoms with E-state index in [1.165, 1.54) is 23.6 Å². The van der Waals surface area contributed by atoms with E-state index in [0.29, 0.717) is 25.1 Å². The predicted octanol–water partition coefficient (Wildman–Crippen LogP) is 2.89. The molecule has 0 amide bonds. The SMILES string of the molecule is O=[N+]([O-])c1ccc(OCCOC2CCSCC2)cc1. The van der Waals surface area contributed by atoms with E-state index in [1.807, 2.05) is 11.8 Å². The Bertz CT molecular complexity index is 404. The van der Waals surface area contributed by atoms with Crippen molar-refractivity contribution >= 4 is 17.4 Å². The van der Waals surface area contributed by atoms with Crippen molar-refractivity contribution in [3.63, 3.8) is 0 Å². The van der Waals surface area contributed by atoms with E-state index in [-0.39, 0.29) is 5.69 Å². The summed E-state index contributed by atoms with van der Waals surface area (Å²) in [6.07, 6.45) is 2.59. The number of rotatable bonds is 6.